The molecule has 3 rings (SSSR count). The van der Waals surface area contributed by atoms with Gasteiger partial charge in [0.1, 0.15) is 0 Å². The highest BCUT2D eigenvalue weighted by Crippen LogP contribution is 2.24. The van der Waals surface area contributed by atoms with E-state index in [1.54, 1.807) is 4.68 Å². The third kappa shape index (κ3) is 3.94. The van der Waals surface area contributed by atoms with E-state index in [0.717, 1.165) is 34.8 Å². The number of amides is 1. The van der Waals surface area contributed by atoms with Crippen LogP contribution >= 0.6 is 0 Å². The van der Waals surface area contributed by atoms with Crippen LogP contribution in [0.2, 0.25) is 0 Å². The highest BCUT2D eigenvalue weighted by molar-refractivity contribution is 5.79. The van der Waals surface area contributed by atoms with Gasteiger partial charge in [-0.15, -0.1) is 0 Å². The number of carbonyl (C=O) groups is 1. The monoisotopic (exact) mass is 355 g/mol. The lowest BCUT2D eigenvalue weighted by Crippen LogP contribution is -2.41. The molecular weight excluding hydrogens is 326 g/mol. The minimum atomic E-state index is 0.0795. The molecule has 0 aliphatic heterocycles. The molecule has 0 saturated heterocycles. The average Bonchev–Trinajstić information content (AvgIpc) is 2.84. The summed E-state index contributed by atoms with van der Waals surface area (Å²) in [6, 6.07) is 2.24. The van der Waals surface area contributed by atoms with Crippen molar-refractivity contribution in [3.8, 4) is 5.95 Å². The second-order valence-electron chi connectivity index (χ2n) is 7.62. The summed E-state index contributed by atoms with van der Waals surface area (Å²) < 4.78 is 1.75. The topological polar surface area (TPSA) is 72.7 Å². The fourth-order valence-corrected chi connectivity index (χ4v) is 3.88. The number of hydrogen-bond acceptors (Lipinski definition) is 4. The van der Waals surface area contributed by atoms with Gasteiger partial charge >= 0.3 is 0 Å². The summed E-state index contributed by atoms with van der Waals surface area (Å²) in [5.74, 6) is 1.20. The molecule has 1 N–H and O–H groups in total. The van der Waals surface area contributed by atoms with E-state index in [4.69, 9.17) is 0 Å². The Hall–Kier alpha value is -2.24. The van der Waals surface area contributed by atoms with Gasteiger partial charge in [0.15, 0.2) is 0 Å². The van der Waals surface area contributed by atoms with Crippen LogP contribution in [0.1, 0.15) is 60.9 Å². The third-order valence-electron chi connectivity index (χ3n) is 5.40. The van der Waals surface area contributed by atoms with Gasteiger partial charge in [0, 0.05) is 28.7 Å². The van der Waals surface area contributed by atoms with E-state index < -0.39 is 0 Å². The van der Waals surface area contributed by atoms with Crippen molar-refractivity contribution >= 4 is 5.91 Å². The van der Waals surface area contributed by atoms with Crippen LogP contribution in [0.15, 0.2) is 6.07 Å². The molecule has 0 aromatic carbocycles. The van der Waals surface area contributed by atoms with Gasteiger partial charge in [0.2, 0.25) is 5.91 Å². The van der Waals surface area contributed by atoms with Gasteiger partial charge in [0.05, 0.1) is 12.1 Å². The van der Waals surface area contributed by atoms with Crippen LogP contribution in [0.4, 0.5) is 0 Å². The maximum absolute atomic E-state index is 12.6. The number of carbonyl (C=O) groups excluding carboxylic acids is 1. The molecule has 140 valence electrons. The van der Waals surface area contributed by atoms with Gasteiger partial charge in [0.25, 0.3) is 5.95 Å². The van der Waals surface area contributed by atoms with E-state index in [1.807, 2.05) is 33.8 Å². The van der Waals surface area contributed by atoms with E-state index in [9.17, 15) is 4.79 Å². The minimum absolute atomic E-state index is 0.0795. The lowest BCUT2D eigenvalue weighted by Gasteiger charge is -2.29. The summed E-state index contributed by atoms with van der Waals surface area (Å²) in [4.78, 5) is 21.6. The first-order valence-corrected chi connectivity index (χ1v) is 9.52. The molecule has 2 heterocycles. The second-order valence-corrected chi connectivity index (χ2v) is 7.62. The highest BCUT2D eigenvalue weighted by Gasteiger charge is 2.24. The zero-order chi connectivity index (χ0) is 18.8. The summed E-state index contributed by atoms with van der Waals surface area (Å²) in [6.07, 6.45) is 5.11. The van der Waals surface area contributed by atoms with Gasteiger partial charge in [-0.05, 0) is 52.5 Å². The van der Waals surface area contributed by atoms with Gasteiger partial charge < -0.3 is 5.32 Å². The predicted molar refractivity (Wildman–Crippen MR) is 101 cm³/mol. The Morgan fingerprint density at radius 2 is 1.81 bits per heavy atom. The Morgan fingerprint density at radius 1 is 1.15 bits per heavy atom. The molecule has 2 aromatic heterocycles. The molecule has 1 aliphatic rings. The highest BCUT2D eigenvalue weighted by atomic mass is 16.1. The van der Waals surface area contributed by atoms with Crippen LogP contribution in [0.25, 0.3) is 5.95 Å². The van der Waals surface area contributed by atoms with Crippen molar-refractivity contribution in [2.75, 3.05) is 0 Å². The molecule has 0 bridgehead atoms. The number of hydrogen-bond donors (Lipinski definition) is 1. The Kier molecular flexibility index (Phi) is 5.39. The Labute approximate surface area is 155 Å². The quantitative estimate of drug-likeness (QED) is 0.914. The third-order valence-corrected chi connectivity index (χ3v) is 5.40. The summed E-state index contributed by atoms with van der Waals surface area (Å²) in [5, 5.41) is 7.82. The molecule has 0 spiro atoms. The first-order chi connectivity index (χ1) is 12.3. The molecule has 2 atom stereocenters. The molecule has 6 heteroatoms. The first-order valence-electron chi connectivity index (χ1n) is 9.52. The molecule has 1 fully saturated rings. The van der Waals surface area contributed by atoms with E-state index in [1.165, 1.54) is 19.3 Å². The number of aryl methyl sites for hydroxylation is 3. The SMILES string of the molecule is Cc1cc(C)nc(-n2nc(C)c(CC(=O)N[C@@H]3CCCC[C@@H]3C)c2C)n1. The molecule has 6 nitrogen and oxygen atoms in total. The number of nitrogens with zero attached hydrogens (tertiary/aromatic N) is 4. The van der Waals surface area contributed by atoms with Crippen LogP contribution in [0, 0.1) is 33.6 Å². The van der Waals surface area contributed by atoms with E-state index in [2.05, 4.69) is 27.3 Å². The lowest BCUT2D eigenvalue weighted by molar-refractivity contribution is -0.121. The van der Waals surface area contributed by atoms with Crippen molar-refractivity contribution in [1.82, 2.24) is 25.1 Å². The molecule has 1 saturated carbocycles. The normalized spacial score (nSPS) is 20.2. The van der Waals surface area contributed by atoms with E-state index in [0.29, 0.717) is 24.3 Å². The average molecular weight is 355 g/mol. The number of nitrogens with one attached hydrogen (secondary N) is 1. The van der Waals surface area contributed by atoms with Crippen molar-refractivity contribution in [3.63, 3.8) is 0 Å². The van der Waals surface area contributed by atoms with Crippen LogP contribution < -0.4 is 5.32 Å². The largest absolute Gasteiger partial charge is 0.353 e. The van der Waals surface area contributed by atoms with Crippen molar-refractivity contribution in [1.29, 1.82) is 0 Å². The van der Waals surface area contributed by atoms with Crippen LogP contribution in [-0.4, -0.2) is 31.7 Å². The summed E-state index contributed by atoms with van der Waals surface area (Å²) >= 11 is 0. The Bertz CT molecular complexity index is 791. The number of aromatic nitrogens is 4. The Morgan fingerprint density at radius 3 is 2.46 bits per heavy atom. The Balaban J connectivity index is 1.78. The van der Waals surface area contributed by atoms with Crippen LogP contribution in [-0.2, 0) is 11.2 Å². The predicted octanol–water partition coefficient (Wildman–Crippen LogP) is 3.13. The maximum atomic E-state index is 12.6. The molecule has 2 aromatic rings. The fraction of sp³-hybridized carbons (Fsp3) is 0.600. The molecule has 0 radical (unpaired) electrons. The molecular formula is C20H29N5O. The summed E-state index contributed by atoms with van der Waals surface area (Å²) in [5.41, 5.74) is 4.57. The summed E-state index contributed by atoms with van der Waals surface area (Å²) in [6.45, 7) is 10.0. The van der Waals surface area contributed by atoms with Gasteiger partial charge in [-0.1, -0.05) is 19.8 Å². The number of rotatable bonds is 4. The second kappa shape index (κ2) is 7.56. The van der Waals surface area contributed by atoms with Gasteiger partial charge in [-0.2, -0.15) is 5.10 Å². The standard InChI is InChI=1S/C20H29N5O/c1-12-8-6-7-9-18(12)23-19(26)11-17-15(4)24-25(16(17)5)20-21-13(2)10-14(3)22-20/h10,12,18H,6-9,11H2,1-5H3,(H,23,26)/t12-,18+/m0/s1. The van der Waals surface area contributed by atoms with Gasteiger partial charge in [-0.25, -0.2) is 14.6 Å². The molecule has 1 amide bonds. The van der Waals surface area contributed by atoms with E-state index in [-0.39, 0.29) is 5.91 Å². The van der Waals surface area contributed by atoms with Crippen molar-refractivity contribution in [2.45, 2.75) is 72.8 Å². The van der Waals surface area contributed by atoms with E-state index >= 15 is 0 Å². The van der Waals surface area contributed by atoms with Crippen LogP contribution in [0.5, 0.6) is 0 Å². The minimum Gasteiger partial charge on any atom is -0.353 e. The molecule has 1 aliphatic carbocycles. The molecule has 0 unspecified atom stereocenters. The zero-order valence-corrected chi connectivity index (χ0v) is 16.5. The van der Waals surface area contributed by atoms with Gasteiger partial charge in [-0.3, -0.25) is 4.79 Å². The van der Waals surface area contributed by atoms with Crippen molar-refractivity contribution in [3.05, 3.63) is 34.4 Å². The van der Waals surface area contributed by atoms with Crippen molar-refractivity contribution in [2.24, 2.45) is 5.92 Å². The van der Waals surface area contributed by atoms with Crippen molar-refractivity contribution < 1.29 is 4.79 Å². The smallest absolute Gasteiger partial charge is 0.251 e. The van der Waals surface area contributed by atoms with Crippen LogP contribution in [0.3, 0.4) is 0 Å². The molecule has 26 heavy (non-hydrogen) atoms. The maximum Gasteiger partial charge on any atom is 0.251 e. The first kappa shape index (κ1) is 18.5. The zero-order valence-electron chi connectivity index (χ0n) is 16.5. The fourth-order valence-electron chi connectivity index (χ4n) is 3.88. The summed E-state index contributed by atoms with van der Waals surface area (Å²) in [7, 11) is 0. The lowest BCUT2D eigenvalue weighted by atomic mass is 9.86.